The van der Waals surface area contributed by atoms with Gasteiger partial charge in [0.1, 0.15) is 74.1 Å². The molecule has 13 rings (SSSR count). The van der Waals surface area contributed by atoms with Crippen LogP contribution in [-0.4, -0.2) is 75.5 Å². The fourth-order valence-electron chi connectivity index (χ4n) is 15.3. The number of carbonyl (C=O) groups is 6. The predicted molar refractivity (Wildman–Crippen MR) is 567 cm³/mol. The van der Waals surface area contributed by atoms with E-state index in [1.807, 2.05) is 250 Å². The Labute approximate surface area is 849 Å². The topological polar surface area (TPSA) is 213 Å². The zero-order chi connectivity index (χ0) is 103. The van der Waals surface area contributed by atoms with Crippen molar-refractivity contribution in [2.45, 2.75) is 249 Å². The van der Waals surface area contributed by atoms with E-state index in [4.69, 9.17) is 68.4 Å². The lowest BCUT2D eigenvalue weighted by molar-refractivity contribution is 0.0493. The molecule has 0 saturated heterocycles. The van der Waals surface area contributed by atoms with E-state index in [0.29, 0.717) is 123 Å². The summed E-state index contributed by atoms with van der Waals surface area (Å²) >= 11 is 9.75. The van der Waals surface area contributed by atoms with Gasteiger partial charge in [0.15, 0.2) is 0 Å². The van der Waals surface area contributed by atoms with Crippen LogP contribution in [0.25, 0.3) is 0 Å². The molecule has 0 bridgehead atoms. The third kappa shape index (κ3) is 35.6. The first-order chi connectivity index (χ1) is 67.8. The van der Waals surface area contributed by atoms with Gasteiger partial charge in [0.2, 0.25) is 0 Å². The summed E-state index contributed by atoms with van der Waals surface area (Å²) < 4.78 is 68.3. The number of halogens is 2. The van der Waals surface area contributed by atoms with Gasteiger partial charge in [0.05, 0.1) is 73.0 Å². The van der Waals surface area contributed by atoms with Crippen LogP contribution in [0, 0.1) is 96.9 Å². The fourth-order valence-corrected chi connectivity index (χ4v) is 16.0. The van der Waals surface area contributed by atoms with Gasteiger partial charge in [-0.25, -0.2) is 28.8 Å². The normalized spacial score (nSPS) is 11.0. The van der Waals surface area contributed by atoms with Gasteiger partial charge >= 0.3 is 35.8 Å². The third-order valence-electron chi connectivity index (χ3n) is 23.1. The second-order valence-electron chi connectivity index (χ2n) is 35.3. The Morgan fingerprint density at radius 1 is 0.262 bits per heavy atom. The monoisotopic (exact) mass is 2000 g/mol. The minimum absolute atomic E-state index is 0.222. The molecule has 12 aromatic rings. The largest absolute Gasteiger partial charge is 0.489 e. The van der Waals surface area contributed by atoms with Gasteiger partial charge in [-0.1, -0.05) is 243 Å². The molecule has 141 heavy (non-hydrogen) atoms. The minimum atomic E-state index is -0.367. The molecule has 0 aliphatic heterocycles. The highest BCUT2D eigenvalue weighted by Crippen LogP contribution is 2.43. The molecule has 0 aromatic heterocycles. The molecule has 0 N–H and O–H groups in total. The molecule has 12 aromatic carbocycles. The summed E-state index contributed by atoms with van der Waals surface area (Å²) in [6.07, 6.45) is 8.05. The van der Waals surface area contributed by atoms with Crippen molar-refractivity contribution >= 4 is 63.3 Å². The van der Waals surface area contributed by atoms with E-state index < -0.39 is 0 Å². The van der Waals surface area contributed by atoms with Crippen molar-refractivity contribution < 1.29 is 85.6 Å². The molecule has 0 atom stereocenters. The zero-order valence-electron chi connectivity index (χ0n) is 86.3. The second kappa shape index (κ2) is 58.9. The molecule has 18 nitrogen and oxygen atoms in total. The number of esters is 6. The smallest absolute Gasteiger partial charge is 0.338 e. The van der Waals surface area contributed by atoms with Gasteiger partial charge in [-0.2, -0.15) is 0 Å². The van der Waals surface area contributed by atoms with Crippen LogP contribution in [0.5, 0.6) is 34.5 Å². The van der Waals surface area contributed by atoms with E-state index in [1.54, 1.807) is 36.4 Å². The molecule has 748 valence electrons. The standard InChI is InChI=1S/C22H26O3.C21H26O3.2C20H24O3.C19H21BrO3.C19H21ClO3/c1-4-12-24-22(23)19-7-5-6-18(17-9-10-17)20(19)14-25-21-11-8-15(2)13-16(21)3;1-5-12-23-21(22)18-9-7-8-17(6-2)19(18)14-24-20-11-10-15(3)13-16(20)4;2*1-5-11-22-20(21)17-8-6-7-15(3)18(17)13-23-19-10-9-14(2)12-16(19)4;2*1-4-10-22-19(21)15-6-5-7-17(20)16(15)12-23-18-9-8-13(2)11-14(18)3/h5-8,11,13,17H,4,9-10,12,14H2,1-3H3;7-11,13H,5-6,12,14H2,1-4H3;2*6-10,12H,5,11,13H2,1-4H3;2*5-9,11H,4,10,12H2,1-3H3. The van der Waals surface area contributed by atoms with Crippen LogP contribution in [0.1, 0.15) is 290 Å². The molecule has 0 unspecified atom stereocenters. The number of benzene rings is 12. The van der Waals surface area contributed by atoms with Gasteiger partial charge in [0, 0.05) is 42.9 Å². The summed E-state index contributed by atoms with van der Waals surface area (Å²) in [5, 5.41) is 0.501. The predicted octanol–water partition coefficient (Wildman–Crippen LogP) is 30.2. The number of carbonyl (C=O) groups excluding carboxylic acids is 6. The maximum atomic E-state index is 12.5. The van der Waals surface area contributed by atoms with Gasteiger partial charge in [-0.05, 0) is 301 Å². The molecule has 0 heterocycles. The van der Waals surface area contributed by atoms with Crippen molar-refractivity contribution in [3.8, 4) is 34.5 Å². The summed E-state index contributed by atoms with van der Waals surface area (Å²) in [6, 6.07) is 70.1. The van der Waals surface area contributed by atoms with Crippen LogP contribution >= 0.6 is 27.5 Å². The third-order valence-corrected chi connectivity index (χ3v) is 24.2. The fraction of sp³-hybridized carbons (Fsp3) is 0.355. The van der Waals surface area contributed by atoms with Crippen LogP contribution in [0.15, 0.2) is 223 Å². The average molecular weight is 2000 g/mol. The molecule has 0 amide bonds. The van der Waals surface area contributed by atoms with E-state index in [1.165, 1.54) is 51.8 Å². The van der Waals surface area contributed by atoms with E-state index >= 15 is 0 Å². The van der Waals surface area contributed by atoms with Crippen molar-refractivity contribution in [3.05, 3.63) is 384 Å². The van der Waals surface area contributed by atoms with Crippen LogP contribution in [0.3, 0.4) is 0 Å². The van der Waals surface area contributed by atoms with E-state index in [2.05, 4.69) is 93.0 Å². The minimum Gasteiger partial charge on any atom is -0.489 e. The van der Waals surface area contributed by atoms with E-state index in [-0.39, 0.29) is 42.4 Å². The van der Waals surface area contributed by atoms with E-state index in [9.17, 15) is 28.8 Å². The molecular weight excluding hydrogens is 1860 g/mol. The zero-order valence-corrected chi connectivity index (χ0v) is 88.7. The Kier molecular flexibility index (Phi) is 47.4. The summed E-state index contributed by atoms with van der Waals surface area (Å²) in [4.78, 5) is 73.6. The number of hydrogen-bond donors (Lipinski definition) is 0. The van der Waals surface area contributed by atoms with Gasteiger partial charge in [-0.3, -0.25) is 0 Å². The highest BCUT2D eigenvalue weighted by molar-refractivity contribution is 9.10. The Hall–Kier alpha value is -13.0. The summed E-state index contributed by atoms with van der Waals surface area (Å²) in [7, 11) is 0. The summed E-state index contributed by atoms with van der Waals surface area (Å²) in [5.74, 6) is 3.78. The van der Waals surface area contributed by atoms with Gasteiger partial charge in [0.25, 0.3) is 0 Å². The van der Waals surface area contributed by atoms with Crippen LogP contribution in [0.4, 0.5) is 0 Å². The van der Waals surface area contributed by atoms with Crippen LogP contribution in [0.2, 0.25) is 5.02 Å². The first kappa shape index (κ1) is 113. The average Bonchev–Trinajstić information content (AvgIpc) is 1.67. The highest BCUT2D eigenvalue weighted by Gasteiger charge is 2.30. The van der Waals surface area contributed by atoms with Crippen molar-refractivity contribution in [3.63, 3.8) is 0 Å². The highest BCUT2D eigenvalue weighted by atomic mass is 79.9. The Balaban J connectivity index is 0.000000207. The van der Waals surface area contributed by atoms with Crippen molar-refractivity contribution in [1.82, 2.24) is 0 Å². The van der Waals surface area contributed by atoms with E-state index in [0.717, 1.165) is 162 Å². The molecule has 0 spiro atoms. The first-order valence-electron chi connectivity index (χ1n) is 48.9. The lowest BCUT2D eigenvalue weighted by Gasteiger charge is -2.16. The number of rotatable bonds is 38. The molecule has 1 aliphatic rings. The molecule has 1 saturated carbocycles. The SMILES string of the molecule is CCCOC(=O)c1cccc(Br)c1COc1ccc(C)cc1C.CCCOC(=O)c1cccc(C)c1COc1ccc(C)cc1C.CCCOC(=O)c1cccc(C)c1COc1ccc(C)cc1C.CCCOC(=O)c1cccc(C2CC2)c1COc1ccc(C)cc1C.CCCOC(=O)c1cccc(CC)c1COc1ccc(C)cc1C.CCCOC(=O)c1cccc(Cl)c1COc1ccc(C)cc1C. The molecule has 0 radical (unpaired) electrons. The molecule has 1 aliphatic carbocycles. The Morgan fingerprint density at radius 3 is 0.787 bits per heavy atom. The van der Waals surface area contributed by atoms with Gasteiger partial charge in [-0.15, -0.1) is 0 Å². The lowest BCUT2D eigenvalue weighted by atomic mass is 9.98. The van der Waals surface area contributed by atoms with Crippen molar-refractivity contribution in [2.24, 2.45) is 0 Å². The van der Waals surface area contributed by atoms with Gasteiger partial charge < -0.3 is 56.8 Å². The van der Waals surface area contributed by atoms with Crippen molar-refractivity contribution in [2.75, 3.05) is 39.6 Å². The molecular formula is C121H142BrClO18. The van der Waals surface area contributed by atoms with Crippen LogP contribution < -0.4 is 28.4 Å². The van der Waals surface area contributed by atoms with Crippen molar-refractivity contribution in [1.29, 1.82) is 0 Å². The van der Waals surface area contributed by atoms with Crippen LogP contribution in [-0.2, 0) is 74.5 Å². The molecule has 20 heteroatoms. The number of aryl methyl sites for hydroxylation is 15. The quantitative estimate of drug-likeness (QED) is 0.0260. The summed E-state index contributed by atoms with van der Waals surface area (Å²) in [5.41, 5.74) is 26.6. The maximum absolute atomic E-state index is 12.5. The Bertz CT molecular complexity index is 5660. The first-order valence-corrected chi connectivity index (χ1v) is 50.1. The maximum Gasteiger partial charge on any atom is 0.338 e. The molecule has 1 fully saturated rings. The Morgan fingerprint density at radius 2 is 0.496 bits per heavy atom. The summed E-state index contributed by atoms with van der Waals surface area (Å²) in [6.45, 7) is 46.9. The number of hydrogen-bond acceptors (Lipinski definition) is 18. The lowest BCUT2D eigenvalue weighted by Crippen LogP contribution is -2.13. The second-order valence-corrected chi connectivity index (χ2v) is 36.6. The number of ether oxygens (including phenoxy) is 12.